The first kappa shape index (κ1) is 16.1. The number of carbonyl (C=O) groups excluding carboxylic acids is 1. The van der Waals surface area contributed by atoms with Crippen molar-refractivity contribution >= 4 is 11.5 Å². The number of carbonyl (C=O) groups is 1. The summed E-state index contributed by atoms with van der Waals surface area (Å²) in [4.78, 5) is 33.6. The van der Waals surface area contributed by atoms with Crippen molar-refractivity contribution in [2.75, 3.05) is 0 Å². The van der Waals surface area contributed by atoms with Gasteiger partial charge in [-0.15, -0.1) is 0 Å². The minimum atomic E-state index is -1.38. The van der Waals surface area contributed by atoms with Crippen LogP contribution in [0.1, 0.15) is 38.2 Å². The average molecular weight is 332 g/mol. The van der Waals surface area contributed by atoms with E-state index in [0.717, 1.165) is 0 Å². The molecule has 0 aromatic heterocycles. The summed E-state index contributed by atoms with van der Waals surface area (Å²) >= 11 is 0. The number of nitro benzene ring substituents is 1. The normalized spacial score (nSPS) is 25.2. The molecule has 0 saturated heterocycles. The molecule has 1 aliphatic carbocycles. The topological polar surface area (TPSA) is 113 Å². The Kier molecular flexibility index (Phi) is 3.62. The average Bonchev–Trinajstić information content (AvgIpc) is 2.85. The fraction of sp³-hybridized carbons (Fsp3) is 0.438. The van der Waals surface area contributed by atoms with Crippen LogP contribution in [0.5, 0.6) is 0 Å². The van der Waals surface area contributed by atoms with Crippen molar-refractivity contribution in [2.45, 2.75) is 38.8 Å². The molecule has 1 aliphatic heterocycles. The number of Topliss-reactive ketones (excluding diaryl/α,β-unsaturated/α-hetero) is 1. The molecule has 2 aliphatic rings. The first-order valence-corrected chi connectivity index (χ1v) is 7.50. The summed E-state index contributed by atoms with van der Waals surface area (Å²) in [7, 11) is 0. The molecular formula is C16H16N2O6. The molecule has 126 valence electrons. The zero-order chi connectivity index (χ0) is 17.6. The molecule has 1 aromatic rings. The van der Waals surface area contributed by atoms with Crippen LogP contribution in [0.2, 0.25) is 0 Å². The lowest BCUT2D eigenvalue weighted by Gasteiger charge is -2.28. The molecule has 0 N–H and O–H groups in total. The first-order valence-electron chi connectivity index (χ1n) is 7.50. The van der Waals surface area contributed by atoms with Gasteiger partial charge in [-0.1, -0.05) is 26.0 Å². The summed E-state index contributed by atoms with van der Waals surface area (Å²) in [5.41, 5.74) is 0.396. The van der Waals surface area contributed by atoms with Crippen LogP contribution in [0, 0.1) is 25.6 Å². The maximum absolute atomic E-state index is 12.5. The Bertz CT molecular complexity index is 765. The summed E-state index contributed by atoms with van der Waals surface area (Å²) in [6.45, 7) is 3.83. The molecule has 0 spiro atoms. The van der Waals surface area contributed by atoms with Gasteiger partial charge in [-0.3, -0.25) is 25.0 Å². The van der Waals surface area contributed by atoms with E-state index in [1.165, 1.54) is 24.3 Å². The summed E-state index contributed by atoms with van der Waals surface area (Å²) in [5, 5.41) is 22.2. The Morgan fingerprint density at radius 1 is 1.12 bits per heavy atom. The van der Waals surface area contributed by atoms with E-state index in [9.17, 15) is 25.0 Å². The Labute approximate surface area is 137 Å². The number of hydrogen-bond acceptors (Lipinski definition) is 6. The number of ether oxygens (including phenoxy) is 1. The highest BCUT2D eigenvalue weighted by molar-refractivity contribution is 5.99. The van der Waals surface area contributed by atoms with Crippen molar-refractivity contribution in [3.63, 3.8) is 0 Å². The fourth-order valence-corrected chi connectivity index (χ4v) is 3.39. The molecule has 24 heavy (non-hydrogen) atoms. The van der Waals surface area contributed by atoms with E-state index < -0.39 is 22.0 Å². The van der Waals surface area contributed by atoms with Gasteiger partial charge in [0.1, 0.15) is 11.7 Å². The molecule has 1 heterocycles. The van der Waals surface area contributed by atoms with Crippen molar-refractivity contribution in [1.29, 1.82) is 0 Å². The highest BCUT2D eigenvalue weighted by Gasteiger charge is 2.51. The number of nitrogens with zero attached hydrogens (tertiary/aromatic N) is 2. The smallest absolute Gasteiger partial charge is 0.364 e. The van der Waals surface area contributed by atoms with Crippen molar-refractivity contribution < 1.29 is 19.4 Å². The van der Waals surface area contributed by atoms with Gasteiger partial charge in [0.05, 0.1) is 15.4 Å². The van der Waals surface area contributed by atoms with Gasteiger partial charge in [-0.25, -0.2) is 0 Å². The predicted molar refractivity (Wildman–Crippen MR) is 82.8 cm³/mol. The monoisotopic (exact) mass is 332 g/mol. The molecule has 0 bridgehead atoms. The molecule has 0 radical (unpaired) electrons. The number of nitro groups is 2. The Morgan fingerprint density at radius 2 is 1.75 bits per heavy atom. The van der Waals surface area contributed by atoms with Crippen molar-refractivity contribution in [1.82, 2.24) is 0 Å². The van der Waals surface area contributed by atoms with Gasteiger partial charge >= 0.3 is 6.23 Å². The van der Waals surface area contributed by atoms with Crippen LogP contribution in [0.4, 0.5) is 5.69 Å². The van der Waals surface area contributed by atoms with Gasteiger partial charge in [0, 0.05) is 25.0 Å². The SMILES string of the molecule is CC1(C)CC(=O)C2=C(C1)O[C@@H]([N+](=O)[O-])[C@H]2c1ccc([N+](=O)[O-])cc1. The van der Waals surface area contributed by atoms with Crippen LogP contribution in [-0.4, -0.2) is 21.9 Å². The third kappa shape index (κ3) is 2.64. The summed E-state index contributed by atoms with van der Waals surface area (Å²) in [5.74, 6) is -0.616. The van der Waals surface area contributed by atoms with Gasteiger partial charge in [-0.2, -0.15) is 0 Å². The molecule has 0 amide bonds. The van der Waals surface area contributed by atoms with E-state index in [1.54, 1.807) is 0 Å². The van der Waals surface area contributed by atoms with Crippen LogP contribution in [0.25, 0.3) is 0 Å². The number of ketones is 1. The quantitative estimate of drug-likeness (QED) is 0.621. The lowest BCUT2D eigenvalue weighted by Crippen LogP contribution is -2.28. The fourth-order valence-electron chi connectivity index (χ4n) is 3.39. The molecule has 0 unspecified atom stereocenters. The Hall–Kier alpha value is -2.77. The lowest BCUT2D eigenvalue weighted by molar-refractivity contribution is -0.570. The second-order valence-corrected chi connectivity index (χ2v) is 6.90. The molecule has 1 aromatic carbocycles. The van der Waals surface area contributed by atoms with Gasteiger partial charge in [0.2, 0.25) is 0 Å². The van der Waals surface area contributed by atoms with E-state index in [2.05, 4.69) is 0 Å². The van der Waals surface area contributed by atoms with Gasteiger partial charge in [-0.05, 0) is 11.0 Å². The van der Waals surface area contributed by atoms with Crippen molar-refractivity contribution in [3.8, 4) is 0 Å². The number of allylic oxidation sites excluding steroid dienone is 1. The largest absolute Gasteiger partial charge is 0.433 e. The number of non-ortho nitro benzene ring substituents is 1. The summed E-state index contributed by atoms with van der Waals surface area (Å²) < 4.78 is 5.50. The Balaban J connectivity index is 2.05. The lowest BCUT2D eigenvalue weighted by atomic mass is 9.73. The minimum Gasteiger partial charge on any atom is -0.433 e. The standard InChI is InChI=1S/C16H16N2O6/c1-16(2)7-11(19)14-12(8-16)24-15(18(22)23)13(14)9-3-5-10(6-4-9)17(20)21/h3-6,13,15H,7-8H2,1-2H3/t13-,15+/m0/s1. The number of hydrogen-bond donors (Lipinski definition) is 0. The van der Waals surface area contributed by atoms with Gasteiger partial charge in [0.25, 0.3) is 5.69 Å². The van der Waals surface area contributed by atoms with Gasteiger partial charge in [0.15, 0.2) is 5.78 Å². The van der Waals surface area contributed by atoms with Crippen LogP contribution < -0.4 is 0 Å². The molecule has 8 nitrogen and oxygen atoms in total. The van der Waals surface area contributed by atoms with E-state index >= 15 is 0 Å². The summed E-state index contributed by atoms with van der Waals surface area (Å²) in [6, 6.07) is 5.46. The highest BCUT2D eigenvalue weighted by Crippen LogP contribution is 2.48. The van der Waals surface area contributed by atoms with E-state index in [4.69, 9.17) is 4.74 Å². The highest BCUT2D eigenvalue weighted by atomic mass is 16.7. The van der Waals surface area contributed by atoms with Crippen LogP contribution in [-0.2, 0) is 9.53 Å². The molecule has 3 rings (SSSR count). The zero-order valence-corrected chi connectivity index (χ0v) is 13.2. The van der Waals surface area contributed by atoms with Crippen LogP contribution in [0.15, 0.2) is 35.6 Å². The predicted octanol–water partition coefficient (Wildman–Crippen LogP) is 2.95. The van der Waals surface area contributed by atoms with Crippen LogP contribution in [0.3, 0.4) is 0 Å². The van der Waals surface area contributed by atoms with E-state index in [-0.39, 0.29) is 16.9 Å². The second-order valence-electron chi connectivity index (χ2n) is 6.90. The molecule has 2 atom stereocenters. The molecule has 8 heteroatoms. The third-order valence-corrected chi connectivity index (χ3v) is 4.41. The minimum absolute atomic E-state index is 0.111. The molecular weight excluding hydrogens is 316 g/mol. The Morgan fingerprint density at radius 3 is 2.29 bits per heavy atom. The molecule has 0 fully saturated rings. The van der Waals surface area contributed by atoms with E-state index in [1.807, 2.05) is 13.8 Å². The zero-order valence-electron chi connectivity index (χ0n) is 13.2. The third-order valence-electron chi connectivity index (χ3n) is 4.41. The number of rotatable bonds is 3. The second kappa shape index (κ2) is 5.40. The first-order chi connectivity index (χ1) is 11.2. The maximum Gasteiger partial charge on any atom is 0.364 e. The number of benzene rings is 1. The van der Waals surface area contributed by atoms with Gasteiger partial charge < -0.3 is 4.74 Å². The van der Waals surface area contributed by atoms with Crippen molar-refractivity contribution in [3.05, 3.63) is 61.4 Å². The van der Waals surface area contributed by atoms with Crippen molar-refractivity contribution in [2.24, 2.45) is 5.41 Å². The summed E-state index contributed by atoms with van der Waals surface area (Å²) in [6.07, 6.45) is -0.625. The molecule has 0 saturated carbocycles. The maximum atomic E-state index is 12.5. The van der Waals surface area contributed by atoms with Crippen LogP contribution >= 0.6 is 0 Å². The van der Waals surface area contributed by atoms with E-state index in [0.29, 0.717) is 29.7 Å².